The van der Waals surface area contributed by atoms with Gasteiger partial charge in [-0.1, -0.05) is 109 Å². The molecule has 0 aromatic heterocycles. The van der Waals surface area contributed by atoms with Crippen molar-refractivity contribution in [3.63, 3.8) is 0 Å². The van der Waals surface area contributed by atoms with Gasteiger partial charge < -0.3 is 42.1 Å². The zero-order valence-corrected chi connectivity index (χ0v) is 36.8. The monoisotopic (exact) mass is 763 g/mol. The van der Waals surface area contributed by atoms with Gasteiger partial charge in [0, 0.05) is 38.8 Å². The van der Waals surface area contributed by atoms with E-state index < -0.39 is 0 Å². The molecule has 0 spiro atoms. The fourth-order valence-corrected chi connectivity index (χ4v) is 3.73. The van der Waals surface area contributed by atoms with Crippen molar-refractivity contribution in [3.05, 3.63) is 41.3 Å². The third-order valence-electron chi connectivity index (χ3n) is 6.69. The van der Waals surface area contributed by atoms with Crippen LogP contribution in [0.2, 0.25) is 0 Å². The summed E-state index contributed by atoms with van der Waals surface area (Å²) in [6, 6.07) is 0. The number of rotatable bonds is 20. The van der Waals surface area contributed by atoms with Crippen molar-refractivity contribution in [2.24, 2.45) is 5.73 Å². The number of primary amides is 1. The first-order valence-electron chi connectivity index (χ1n) is 18.2. The Balaban J connectivity index is -0.000000180. The molecule has 1 aliphatic heterocycles. The largest absolute Gasteiger partial charge is 1.00 e. The minimum atomic E-state index is -0.346. The predicted molar refractivity (Wildman–Crippen MR) is 209 cm³/mol. The van der Waals surface area contributed by atoms with Crippen LogP contribution < -0.4 is 78.4 Å². The second-order valence-corrected chi connectivity index (χ2v) is 11.2. The quantitative estimate of drug-likeness (QED) is 0.0678. The number of unbranched alkanes of at least 4 members (excludes halogenated alkanes) is 5. The first-order valence-corrected chi connectivity index (χ1v) is 18.2. The van der Waals surface area contributed by atoms with Crippen molar-refractivity contribution in [2.45, 2.75) is 99.3 Å². The second-order valence-electron chi connectivity index (χ2n) is 11.2. The van der Waals surface area contributed by atoms with Crippen LogP contribution in [0.1, 0.15) is 99.3 Å². The summed E-state index contributed by atoms with van der Waals surface area (Å²) in [6.45, 7) is 17.7. The number of carbonyl (C=O) groups is 6. The van der Waals surface area contributed by atoms with Gasteiger partial charge in [-0.2, -0.15) is 0 Å². The van der Waals surface area contributed by atoms with E-state index in [-0.39, 0.29) is 95.3 Å². The minimum absolute atomic E-state index is 0. The average Bonchev–Trinajstić information content (AvgIpc) is 3.54. The summed E-state index contributed by atoms with van der Waals surface area (Å²) in [4.78, 5) is 65.0. The number of amides is 6. The van der Waals surface area contributed by atoms with Crippen LogP contribution in [0.25, 0.3) is 5.32 Å². The average molecular weight is 763 g/mol. The molecule has 2 rings (SSSR count). The van der Waals surface area contributed by atoms with Gasteiger partial charge in [0.25, 0.3) is 0 Å². The number of hydrogen-bond acceptors (Lipinski definition) is 7. The Kier molecular flexibility index (Phi) is 57.4. The van der Waals surface area contributed by atoms with Crippen LogP contribution in [0.3, 0.4) is 0 Å². The molecule has 0 atom stereocenters. The van der Waals surface area contributed by atoms with Gasteiger partial charge >= 0.3 is 51.4 Å². The molecule has 296 valence electrons. The van der Waals surface area contributed by atoms with Gasteiger partial charge in [0.15, 0.2) is 5.91 Å². The first-order chi connectivity index (χ1) is 24.6. The second kappa shape index (κ2) is 50.7. The summed E-state index contributed by atoms with van der Waals surface area (Å²) in [7, 11) is 2.02. The number of likely N-dealkylation sites (N-methyl/N-ethyl adjacent to an activating group) is 2. The van der Waals surface area contributed by atoms with Crippen molar-refractivity contribution in [1.82, 2.24) is 31.1 Å². The van der Waals surface area contributed by atoms with Gasteiger partial charge in [-0.15, -0.1) is 0 Å². The molecule has 2 aliphatic rings. The van der Waals surface area contributed by atoms with Crippen LogP contribution in [0.15, 0.2) is 36.0 Å². The van der Waals surface area contributed by atoms with Gasteiger partial charge in [0.05, 0.1) is 6.54 Å². The molecule has 0 bridgehead atoms. The predicted octanol–water partition coefficient (Wildman–Crippen LogP) is 0.550. The smallest absolute Gasteiger partial charge is 0.637 e. The number of allylic oxidation sites excluding steroid dienone is 4. The number of nitrogens with one attached hydrogen (secondary N) is 4. The van der Waals surface area contributed by atoms with E-state index in [0.717, 1.165) is 45.6 Å². The van der Waals surface area contributed by atoms with E-state index in [4.69, 9.17) is 4.79 Å². The normalized spacial score (nSPS) is 11.7. The van der Waals surface area contributed by atoms with Crippen LogP contribution in [0.5, 0.6) is 0 Å². The van der Waals surface area contributed by atoms with E-state index in [1.165, 1.54) is 56.9 Å². The zero-order chi connectivity index (χ0) is 39.4. The molecule has 0 saturated carbocycles. The van der Waals surface area contributed by atoms with Crippen LogP contribution in [-0.4, -0.2) is 113 Å². The van der Waals surface area contributed by atoms with Gasteiger partial charge in [0.2, 0.25) is 31.0 Å². The third kappa shape index (κ3) is 52.0. The molecule has 0 aromatic rings. The van der Waals surface area contributed by atoms with Crippen molar-refractivity contribution < 1.29 is 80.2 Å². The number of nitrogens with two attached hydrogens (primary N) is 1. The van der Waals surface area contributed by atoms with Gasteiger partial charge in [0.1, 0.15) is 0 Å². The number of carbonyl (C=O) groups excluding carboxylic acids is 6. The van der Waals surface area contributed by atoms with Crippen molar-refractivity contribution >= 4 is 37.0 Å². The summed E-state index contributed by atoms with van der Waals surface area (Å²) in [5.74, 6) is -0.342. The van der Waals surface area contributed by atoms with Crippen LogP contribution >= 0.6 is 0 Å². The Morgan fingerprint density at radius 1 is 0.885 bits per heavy atom. The van der Waals surface area contributed by atoms with E-state index in [1.54, 1.807) is 6.08 Å². The molecule has 0 aromatic carbocycles. The van der Waals surface area contributed by atoms with Crippen LogP contribution in [-0.2, 0) is 28.8 Å². The molecule has 1 aliphatic carbocycles. The van der Waals surface area contributed by atoms with E-state index in [9.17, 15) is 24.0 Å². The Labute approximate surface area is 357 Å². The summed E-state index contributed by atoms with van der Waals surface area (Å²) in [5, 5.41) is 13.5. The summed E-state index contributed by atoms with van der Waals surface area (Å²) >= 11 is 0. The Morgan fingerprint density at radius 2 is 1.52 bits per heavy atom. The summed E-state index contributed by atoms with van der Waals surface area (Å²) < 4.78 is 0. The Hall–Kier alpha value is -2.40. The maximum absolute atomic E-state index is 11.1. The van der Waals surface area contributed by atoms with Gasteiger partial charge in [-0.25, -0.2) is 0 Å². The fraction of sp³-hybridized carbons (Fsp3) is 0.676. The molecule has 0 unspecified atom stereocenters. The SMILES string of the molecule is CC1=CCCC=C1.CCCCC.CCCCCCN1CC=CC1=O.CCN(C)CCNC=O.CCNC(=O)C[N-]CNC(=O)CNC=O.NC=O.[K+]. The Bertz CT molecular complexity index is 949. The number of nitrogens with zero attached hydrogens (tertiary/aromatic N) is 3. The Morgan fingerprint density at radius 3 is 1.94 bits per heavy atom. The van der Waals surface area contributed by atoms with Gasteiger partial charge in [-0.3, -0.25) is 28.8 Å². The maximum atomic E-state index is 11.1. The minimum Gasteiger partial charge on any atom is -0.637 e. The van der Waals surface area contributed by atoms with E-state index >= 15 is 0 Å². The van der Waals surface area contributed by atoms with Crippen molar-refractivity contribution in [1.29, 1.82) is 0 Å². The fourth-order valence-electron chi connectivity index (χ4n) is 3.73. The molecule has 0 saturated heterocycles. The van der Waals surface area contributed by atoms with Crippen LogP contribution in [0.4, 0.5) is 0 Å². The maximum Gasteiger partial charge on any atom is 1.00 e. The topological polar surface area (TPSA) is 197 Å². The molecular formula is C37H71KN8O6. The molecule has 0 radical (unpaired) electrons. The first kappa shape index (κ1) is 58.9. The van der Waals surface area contributed by atoms with E-state index in [1.807, 2.05) is 24.9 Å². The van der Waals surface area contributed by atoms with E-state index in [2.05, 4.69) is 90.1 Å². The molecule has 15 heteroatoms. The van der Waals surface area contributed by atoms with E-state index in [0.29, 0.717) is 13.0 Å². The molecule has 6 N–H and O–H groups in total. The van der Waals surface area contributed by atoms with Crippen molar-refractivity contribution in [2.75, 3.05) is 66.1 Å². The number of hydrogen-bond donors (Lipinski definition) is 5. The molecule has 6 amide bonds. The summed E-state index contributed by atoms with van der Waals surface area (Å²) in [6.07, 6.45) is 23.2. The zero-order valence-electron chi connectivity index (χ0n) is 33.7. The molecule has 1 heterocycles. The van der Waals surface area contributed by atoms with Crippen LogP contribution in [0, 0.1) is 0 Å². The molecule has 52 heavy (non-hydrogen) atoms. The standard InChI is InChI=1S/C10H17NO.C8H15N4O3.C7H10.C6H14N2O.C5H12.CH3NO.K/c1-2-3-4-5-8-11-9-6-7-10(11)12;1-2-11-7(14)3-9-5-12-8(15)4-10-6-13;1-7-5-3-2-4-6-7;1-3-8(2)5-4-7-6-9;1-3-5-4-2;2-1-3;/h6-7H,2-5,8-9H2,1H3;6H,2-5H2,1H3,(H,10,13)(H,11,14)(H,12,15);3,5-6H,2,4H2,1H3;6H,3-5H2,1-2H3,(H,7,9);3-5H2,1-2H3;1H,(H2,2,3);/q;-1;;;;;+1. The summed E-state index contributed by atoms with van der Waals surface area (Å²) in [5.41, 5.74) is 5.58. The van der Waals surface area contributed by atoms with Crippen molar-refractivity contribution in [3.8, 4) is 0 Å². The van der Waals surface area contributed by atoms with Gasteiger partial charge in [-0.05, 0) is 46.7 Å². The molecular weight excluding hydrogens is 692 g/mol. The molecule has 14 nitrogen and oxygen atoms in total. The third-order valence-corrected chi connectivity index (χ3v) is 6.69. The molecule has 0 fully saturated rings.